The molecule has 1 aliphatic carbocycles. The molecule has 6 nitrogen and oxygen atoms in total. The van der Waals surface area contributed by atoms with Crippen molar-refractivity contribution in [2.24, 2.45) is 0 Å². The lowest BCUT2D eigenvalue weighted by atomic mass is 9.88. The molecule has 1 atom stereocenters. The molecule has 162 valence electrons. The summed E-state index contributed by atoms with van der Waals surface area (Å²) >= 11 is 6.04. The number of amides is 1. The van der Waals surface area contributed by atoms with E-state index in [1.54, 1.807) is 19.9 Å². The maximum absolute atomic E-state index is 13.0. The van der Waals surface area contributed by atoms with Crippen LogP contribution >= 0.6 is 11.6 Å². The van der Waals surface area contributed by atoms with Crippen molar-refractivity contribution in [3.05, 3.63) is 58.6 Å². The third-order valence-corrected chi connectivity index (χ3v) is 7.60. The van der Waals surface area contributed by atoms with Crippen molar-refractivity contribution >= 4 is 27.5 Å². The van der Waals surface area contributed by atoms with Gasteiger partial charge in [0.15, 0.2) is 6.61 Å². The molecular formula is C22H27ClN2O4S. The fourth-order valence-electron chi connectivity index (χ4n) is 3.79. The molecule has 0 spiro atoms. The van der Waals surface area contributed by atoms with Gasteiger partial charge >= 0.3 is 0 Å². The van der Waals surface area contributed by atoms with Crippen LogP contribution in [0, 0.1) is 0 Å². The highest BCUT2D eigenvalue weighted by atomic mass is 35.5. The zero-order chi connectivity index (χ0) is 21.7. The molecule has 0 radical (unpaired) electrons. The highest BCUT2D eigenvalue weighted by molar-refractivity contribution is 7.89. The van der Waals surface area contributed by atoms with E-state index in [9.17, 15) is 13.2 Å². The smallest absolute Gasteiger partial charge is 0.258 e. The number of benzene rings is 2. The lowest BCUT2D eigenvalue weighted by Gasteiger charge is -2.26. The van der Waals surface area contributed by atoms with E-state index in [2.05, 4.69) is 11.4 Å². The van der Waals surface area contributed by atoms with Gasteiger partial charge in [0.2, 0.25) is 10.0 Å². The number of fused-ring (bicyclic) bond motifs is 1. The predicted octanol–water partition coefficient (Wildman–Crippen LogP) is 3.94. The van der Waals surface area contributed by atoms with Gasteiger partial charge in [-0.05, 0) is 48.6 Å². The highest BCUT2D eigenvalue weighted by Crippen LogP contribution is 2.31. The Bertz CT molecular complexity index is 1010. The standard InChI is InChI=1S/C22H27ClN2O4S/c1-3-25(4-2)30(27,28)21-14-17(23)12-13-20(21)29-15-22(26)24-19-11-7-9-16-8-5-6-10-18(16)19/h5-6,8,10,12-14,19H,3-4,7,9,11,15H2,1-2H3,(H,24,26)/t19-/m0/s1. The Kier molecular flexibility index (Phi) is 7.39. The molecule has 0 unspecified atom stereocenters. The number of nitrogens with one attached hydrogen (secondary N) is 1. The first-order chi connectivity index (χ1) is 14.4. The Morgan fingerprint density at radius 3 is 2.67 bits per heavy atom. The minimum Gasteiger partial charge on any atom is -0.482 e. The highest BCUT2D eigenvalue weighted by Gasteiger charge is 2.27. The van der Waals surface area contributed by atoms with Crippen molar-refractivity contribution in [2.75, 3.05) is 19.7 Å². The molecule has 0 aliphatic heterocycles. The quantitative estimate of drug-likeness (QED) is 0.660. The van der Waals surface area contributed by atoms with E-state index in [0.29, 0.717) is 13.1 Å². The van der Waals surface area contributed by atoms with E-state index in [1.807, 2.05) is 18.2 Å². The number of hydrogen-bond donors (Lipinski definition) is 1. The van der Waals surface area contributed by atoms with Gasteiger partial charge in [-0.2, -0.15) is 4.31 Å². The van der Waals surface area contributed by atoms with Crippen LogP contribution in [-0.4, -0.2) is 38.3 Å². The molecule has 2 aromatic rings. The van der Waals surface area contributed by atoms with Gasteiger partial charge in [0.05, 0.1) is 6.04 Å². The van der Waals surface area contributed by atoms with Gasteiger partial charge in [0, 0.05) is 18.1 Å². The molecule has 0 saturated carbocycles. The Labute approximate surface area is 183 Å². The van der Waals surface area contributed by atoms with Crippen molar-refractivity contribution in [3.63, 3.8) is 0 Å². The topological polar surface area (TPSA) is 75.7 Å². The van der Waals surface area contributed by atoms with Crippen LogP contribution in [0.4, 0.5) is 0 Å². The van der Waals surface area contributed by atoms with Gasteiger partial charge in [-0.3, -0.25) is 4.79 Å². The molecule has 0 fully saturated rings. The summed E-state index contributed by atoms with van der Waals surface area (Å²) < 4.78 is 32.9. The molecule has 0 saturated heterocycles. The summed E-state index contributed by atoms with van der Waals surface area (Å²) in [5, 5.41) is 3.30. The van der Waals surface area contributed by atoms with Crippen LogP contribution < -0.4 is 10.1 Å². The van der Waals surface area contributed by atoms with E-state index >= 15 is 0 Å². The second kappa shape index (κ2) is 9.81. The monoisotopic (exact) mass is 450 g/mol. The fourth-order valence-corrected chi connectivity index (χ4v) is 5.64. The first-order valence-corrected chi connectivity index (χ1v) is 12.0. The zero-order valence-corrected chi connectivity index (χ0v) is 18.8. The Hall–Kier alpha value is -2.09. The average molecular weight is 451 g/mol. The second-order valence-corrected chi connectivity index (χ2v) is 9.52. The zero-order valence-electron chi connectivity index (χ0n) is 17.2. The van der Waals surface area contributed by atoms with E-state index in [0.717, 1.165) is 24.8 Å². The summed E-state index contributed by atoms with van der Waals surface area (Å²) in [6, 6.07) is 12.4. The predicted molar refractivity (Wildman–Crippen MR) is 117 cm³/mol. The van der Waals surface area contributed by atoms with Crippen molar-refractivity contribution < 1.29 is 17.9 Å². The van der Waals surface area contributed by atoms with Gasteiger partial charge in [0.1, 0.15) is 10.6 Å². The van der Waals surface area contributed by atoms with Crippen LogP contribution in [0.1, 0.15) is 43.9 Å². The first-order valence-electron chi connectivity index (χ1n) is 10.2. The Morgan fingerprint density at radius 2 is 1.93 bits per heavy atom. The second-order valence-electron chi connectivity index (χ2n) is 7.18. The molecule has 0 aromatic heterocycles. The molecule has 1 N–H and O–H groups in total. The molecule has 0 heterocycles. The van der Waals surface area contributed by atoms with Crippen LogP contribution in [0.5, 0.6) is 5.75 Å². The lowest BCUT2D eigenvalue weighted by molar-refractivity contribution is -0.124. The molecule has 1 aliphatic rings. The Morgan fingerprint density at radius 1 is 1.20 bits per heavy atom. The average Bonchev–Trinajstić information content (AvgIpc) is 2.74. The molecule has 3 rings (SSSR count). The molecular weight excluding hydrogens is 424 g/mol. The van der Waals surface area contributed by atoms with E-state index < -0.39 is 10.0 Å². The summed E-state index contributed by atoms with van der Waals surface area (Å²) in [5.41, 5.74) is 2.38. The van der Waals surface area contributed by atoms with Gasteiger partial charge in [0.25, 0.3) is 5.91 Å². The third-order valence-electron chi connectivity index (χ3n) is 5.29. The summed E-state index contributed by atoms with van der Waals surface area (Å²) in [7, 11) is -3.78. The third kappa shape index (κ3) is 4.96. The Balaban J connectivity index is 1.73. The van der Waals surface area contributed by atoms with Crippen LogP contribution in [0.15, 0.2) is 47.4 Å². The maximum atomic E-state index is 13.0. The maximum Gasteiger partial charge on any atom is 0.258 e. The number of ether oxygens (including phenoxy) is 1. The van der Waals surface area contributed by atoms with E-state index in [-0.39, 0.29) is 34.2 Å². The summed E-state index contributed by atoms with van der Waals surface area (Å²) in [4.78, 5) is 12.5. The SMILES string of the molecule is CCN(CC)S(=O)(=O)c1cc(Cl)ccc1OCC(=O)N[C@H]1CCCc2ccccc21. The summed E-state index contributed by atoms with van der Waals surface area (Å²) in [6.07, 6.45) is 2.88. The van der Waals surface area contributed by atoms with E-state index in [1.165, 1.54) is 22.0 Å². The number of hydrogen-bond acceptors (Lipinski definition) is 4. The van der Waals surface area contributed by atoms with Crippen molar-refractivity contribution in [2.45, 2.75) is 44.0 Å². The van der Waals surface area contributed by atoms with Gasteiger partial charge in [-0.15, -0.1) is 0 Å². The minimum absolute atomic E-state index is 0.0329. The number of carbonyl (C=O) groups excluding carboxylic acids is 1. The number of halogens is 1. The fraction of sp³-hybridized carbons (Fsp3) is 0.409. The van der Waals surface area contributed by atoms with Crippen LogP contribution in [-0.2, 0) is 21.2 Å². The molecule has 1 amide bonds. The molecule has 2 aromatic carbocycles. The normalized spacial score (nSPS) is 16.2. The van der Waals surface area contributed by atoms with Crippen LogP contribution in [0.3, 0.4) is 0 Å². The minimum atomic E-state index is -3.78. The number of nitrogens with zero attached hydrogens (tertiary/aromatic N) is 1. The van der Waals surface area contributed by atoms with Crippen molar-refractivity contribution in [3.8, 4) is 5.75 Å². The van der Waals surface area contributed by atoms with Gasteiger partial charge in [-0.1, -0.05) is 49.7 Å². The molecule has 30 heavy (non-hydrogen) atoms. The molecule has 0 bridgehead atoms. The summed E-state index contributed by atoms with van der Waals surface area (Å²) in [5.74, 6) is -0.177. The van der Waals surface area contributed by atoms with Crippen molar-refractivity contribution in [1.29, 1.82) is 0 Å². The van der Waals surface area contributed by atoms with Gasteiger partial charge in [-0.25, -0.2) is 8.42 Å². The summed E-state index contributed by atoms with van der Waals surface area (Å²) in [6.45, 7) is 3.91. The number of rotatable bonds is 8. The van der Waals surface area contributed by atoms with Crippen LogP contribution in [0.2, 0.25) is 5.02 Å². The van der Waals surface area contributed by atoms with Crippen LogP contribution in [0.25, 0.3) is 0 Å². The number of aryl methyl sites for hydroxylation is 1. The largest absolute Gasteiger partial charge is 0.482 e. The van der Waals surface area contributed by atoms with Crippen molar-refractivity contribution in [1.82, 2.24) is 9.62 Å². The van der Waals surface area contributed by atoms with E-state index in [4.69, 9.17) is 16.3 Å². The number of sulfonamides is 1. The molecule has 8 heteroatoms. The lowest BCUT2D eigenvalue weighted by Crippen LogP contribution is -2.35. The first kappa shape index (κ1) is 22.6. The van der Waals surface area contributed by atoms with Gasteiger partial charge < -0.3 is 10.1 Å². The number of carbonyl (C=O) groups is 1.